The Morgan fingerprint density at radius 3 is 2.66 bits per heavy atom. The fraction of sp³-hybridized carbons (Fsp3) is 0.480. The maximum atomic E-state index is 12.5. The molecule has 6 nitrogen and oxygen atoms in total. The molecule has 0 radical (unpaired) electrons. The first-order valence-electron chi connectivity index (χ1n) is 11.5. The number of nitrogens with one attached hydrogen (secondary N) is 1. The quantitative estimate of drug-likeness (QED) is 0.641. The monoisotopic (exact) mass is 452 g/mol. The van der Waals surface area contributed by atoms with Crippen LogP contribution in [0.2, 0.25) is 0 Å². The van der Waals surface area contributed by atoms with Crippen molar-refractivity contribution in [2.45, 2.75) is 63.2 Å². The molecule has 0 saturated carbocycles. The molecule has 2 atom stereocenters. The maximum Gasteiger partial charge on any atom is 0.251 e. The number of hydrogen-bond donors (Lipinski definition) is 1. The number of benzene rings is 1. The molecule has 7 heteroatoms. The largest absolute Gasteiger partial charge is 0.352 e. The number of fused-ring (bicyclic) bond motifs is 1. The molecule has 2 aliphatic heterocycles. The lowest BCUT2D eigenvalue weighted by atomic mass is 9.97. The summed E-state index contributed by atoms with van der Waals surface area (Å²) >= 11 is 1.48. The number of anilines is 1. The number of pyridine rings is 1. The normalized spacial score (nSPS) is 21.3. The van der Waals surface area contributed by atoms with Crippen LogP contribution in [0.3, 0.4) is 0 Å². The van der Waals surface area contributed by atoms with Crippen LogP contribution in [-0.4, -0.2) is 52.6 Å². The van der Waals surface area contributed by atoms with Crippen LogP contribution in [0.4, 0.5) is 5.69 Å². The summed E-state index contributed by atoms with van der Waals surface area (Å²) in [5.41, 5.74) is 2.49. The summed E-state index contributed by atoms with van der Waals surface area (Å²) in [7, 11) is 0. The Labute approximate surface area is 194 Å². The van der Waals surface area contributed by atoms with E-state index in [1.807, 2.05) is 36.4 Å². The zero-order valence-corrected chi connectivity index (χ0v) is 19.7. The molecule has 170 valence electrons. The molecule has 0 spiro atoms. The first-order valence-corrected chi connectivity index (χ1v) is 12.5. The Balaban J connectivity index is 1.28. The van der Waals surface area contributed by atoms with Gasteiger partial charge >= 0.3 is 0 Å². The zero-order chi connectivity index (χ0) is 22.5. The molecule has 2 aliphatic rings. The van der Waals surface area contributed by atoms with Gasteiger partial charge in [-0.05, 0) is 62.9 Å². The predicted molar refractivity (Wildman–Crippen MR) is 129 cm³/mol. The van der Waals surface area contributed by atoms with E-state index in [-0.39, 0.29) is 11.8 Å². The minimum Gasteiger partial charge on any atom is -0.352 e. The number of carbonyl (C=O) groups excluding carboxylic acids is 2. The van der Waals surface area contributed by atoms with E-state index in [4.69, 9.17) is 0 Å². The number of aromatic nitrogens is 1. The van der Waals surface area contributed by atoms with Crippen molar-refractivity contribution in [2.24, 2.45) is 0 Å². The van der Waals surface area contributed by atoms with Crippen molar-refractivity contribution < 1.29 is 9.59 Å². The van der Waals surface area contributed by atoms with E-state index < -0.39 is 0 Å². The number of likely N-dealkylation sites (tertiary alicyclic amines) is 1. The lowest BCUT2D eigenvalue weighted by molar-refractivity contribution is -0.116. The van der Waals surface area contributed by atoms with Crippen LogP contribution in [0.25, 0.3) is 0 Å². The van der Waals surface area contributed by atoms with E-state index in [0.29, 0.717) is 36.5 Å². The number of piperidine rings is 1. The number of nitrogens with zero attached hydrogens (tertiary/aromatic N) is 3. The summed E-state index contributed by atoms with van der Waals surface area (Å²) < 4.78 is 0. The topological polar surface area (TPSA) is 65.5 Å². The summed E-state index contributed by atoms with van der Waals surface area (Å²) in [6, 6.07) is 12.6. The average molecular weight is 453 g/mol. The van der Waals surface area contributed by atoms with Crippen LogP contribution in [0.5, 0.6) is 0 Å². The van der Waals surface area contributed by atoms with Crippen LogP contribution in [-0.2, 0) is 11.3 Å². The molecular weight excluding hydrogens is 420 g/mol. The smallest absolute Gasteiger partial charge is 0.251 e. The van der Waals surface area contributed by atoms with Crippen molar-refractivity contribution in [3.8, 4) is 0 Å². The van der Waals surface area contributed by atoms with Crippen LogP contribution in [0.1, 0.15) is 55.5 Å². The van der Waals surface area contributed by atoms with Crippen LogP contribution >= 0.6 is 11.8 Å². The van der Waals surface area contributed by atoms with Crippen molar-refractivity contribution in [1.82, 2.24) is 15.2 Å². The summed E-state index contributed by atoms with van der Waals surface area (Å²) in [4.78, 5) is 33.7. The van der Waals surface area contributed by atoms with Gasteiger partial charge in [0.2, 0.25) is 5.91 Å². The highest BCUT2D eigenvalue weighted by Crippen LogP contribution is 2.34. The van der Waals surface area contributed by atoms with E-state index in [9.17, 15) is 9.59 Å². The number of rotatable bonds is 7. The van der Waals surface area contributed by atoms with Gasteiger partial charge in [0.25, 0.3) is 5.91 Å². The Kier molecular flexibility index (Phi) is 7.48. The van der Waals surface area contributed by atoms with Gasteiger partial charge in [0.05, 0.1) is 18.0 Å². The Morgan fingerprint density at radius 2 is 1.91 bits per heavy atom. The van der Waals surface area contributed by atoms with Crippen molar-refractivity contribution in [3.05, 3.63) is 53.7 Å². The second-order valence-electron chi connectivity index (χ2n) is 8.77. The van der Waals surface area contributed by atoms with Crippen molar-refractivity contribution in [1.29, 1.82) is 0 Å². The van der Waals surface area contributed by atoms with Gasteiger partial charge < -0.3 is 10.2 Å². The van der Waals surface area contributed by atoms with Gasteiger partial charge in [-0.1, -0.05) is 30.3 Å². The highest BCUT2D eigenvalue weighted by Gasteiger charge is 2.26. The molecule has 1 aromatic heterocycles. The third kappa shape index (κ3) is 5.33. The maximum absolute atomic E-state index is 12.5. The zero-order valence-electron chi connectivity index (χ0n) is 18.9. The molecule has 1 N–H and O–H groups in total. The van der Waals surface area contributed by atoms with Gasteiger partial charge in [0, 0.05) is 36.9 Å². The number of hydrogen-bond acceptors (Lipinski definition) is 5. The fourth-order valence-corrected chi connectivity index (χ4v) is 5.52. The SMILES string of the molecule is CC1CCCC(C)N1CCCNC(=O)c1ccc(CN2C(=O)CSc3ncccc32)cc1. The molecule has 1 saturated heterocycles. The third-order valence-electron chi connectivity index (χ3n) is 6.49. The van der Waals surface area contributed by atoms with Crippen LogP contribution < -0.4 is 10.2 Å². The van der Waals surface area contributed by atoms with E-state index in [1.165, 1.54) is 31.0 Å². The van der Waals surface area contributed by atoms with Gasteiger partial charge in [-0.25, -0.2) is 4.98 Å². The van der Waals surface area contributed by atoms with Gasteiger partial charge in [-0.15, -0.1) is 0 Å². The molecule has 2 unspecified atom stereocenters. The van der Waals surface area contributed by atoms with Gasteiger partial charge in [-0.3, -0.25) is 14.5 Å². The fourth-order valence-electron chi connectivity index (χ4n) is 4.64. The standard InChI is InChI=1S/C25H32N4O2S/c1-18-6-3-7-19(2)28(18)15-5-14-26-24(31)21-11-9-20(10-12-21)16-29-22-8-4-13-27-25(22)32-17-23(29)30/h4,8-13,18-19H,3,5-7,14-17H2,1-2H3,(H,26,31). The Hall–Kier alpha value is -2.38. The van der Waals surface area contributed by atoms with Crippen molar-refractivity contribution >= 4 is 29.3 Å². The summed E-state index contributed by atoms with van der Waals surface area (Å²) in [5, 5.41) is 3.93. The third-order valence-corrected chi connectivity index (χ3v) is 7.47. The van der Waals surface area contributed by atoms with E-state index in [0.717, 1.165) is 29.2 Å². The first kappa shape index (κ1) is 22.8. The molecule has 0 aliphatic carbocycles. The van der Waals surface area contributed by atoms with Crippen molar-refractivity contribution in [2.75, 3.05) is 23.7 Å². The van der Waals surface area contributed by atoms with E-state index >= 15 is 0 Å². The lowest BCUT2D eigenvalue weighted by Crippen LogP contribution is -2.44. The number of amides is 2. The molecule has 0 bridgehead atoms. The van der Waals surface area contributed by atoms with Crippen molar-refractivity contribution in [3.63, 3.8) is 0 Å². The van der Waals surface area contributed by atoms with E-state index in [2.05, 4.69) is 29.0 Å². The highest BCUT2D eigenvalue weighted by atomic mass is 32.2. The molecule has 3 heterocycles. The minimum atomic E-state index is -0.0451. The molecule has 1 fully saturated rings. The molecule has 4 rings (SSSR count). The summed E-state index contributed by atoms with van der Waals surface area (Å²) in [5.74, 6) is 0.436. The van der Waals surface area contributed by atoms with Crippen LogP contribution in [0.15, 0.2) is 47.6 Å². The average Bonchev–Trinajstić information content (AvgIpc) is 2.80. The second kappa shape index (κ2) is 10.5. The molecule has 2 aromatic rings. The molecular formula is C25H32N4O2S. The second-order valence-corrected chi connectivity index (χ2v) is 9.73. The first-order chi connectivity index (χ1) is 15.5. The highest BCUT2D eigenvalue weighted by molar-refractivity contribution is 8.00. The van der Waals surface area contributed by atoms with Gasteiger partial charge in [-0.2, -0.15) is 0 Å². The minimum absolute atomic E-state index is 0.0451. The summed E-state index contributed by atoms with van der Waals surface area (Å²) in [6.45, 7) is 6.80. The van der Waals surface area contributed by atoms with E-state index in [1.54, 1.807) is 11.1 Å². The Morgan fingerprint density at radius 1 is 1.16 bits per heavy atom. The molecule has 2 amide bonds. The molecule has 32 heavy (non-hydrogen) atoms. The van der Waals surface area contributed by atoms with Crippen LogP contribution in [0, 0.1) is 0 Å². The van der Waals surface area contributed by atoms with Gasteiger partial charge in [0.1, 0.15) is 5.03 Å². The molecule has 1 aromatic carbocycles. The summed E-state index contributed by atoms with van der Waals surface area (Å²) in [6.07, 6.45) is 6.57. The Bertz CT molecular complexity index is 939. The number of carbonyl (C=O) groups is 2. The van der Waals surface area contributed by atoms with Gasteiger partial charge in [0.15, 0.2) is 0 Å². The number of thioether (sulfide) groups is 1. The predicted octanol–water partition coefficient (Wildman–Crippen LogP) is 4.10. The lowest BCUT2D eigenvalue weighted by Gasteiger charge is -2.39.